The summed E-state index contributed by atoms with van der Waals surface area (Å²) in [5.74, 6) is -10.7. The molecule has 0 bridgehead atoms. The quantitative estimate of drug-likeness (QED) is 0.102. The van der Waals surface area contributed by atoms with Crippen molar-refractivity contribution < 1.29 is 94.7 Å². The van der Waals surface area contributed by atoms with Crippen molar-refractivity contribution in [1.82, 2.24) is 0 Å². The van der Waals surface area contributed by atoms with Crippen LogP contribution in [-0.2, 0) is 4.74 Å². The van der Waals surface area contributed by atoms with Crippen LogP contribution in [0.1, 0.15) is 93.1 Å². The molecule has 4 aromatic carbocycles. The highest BCUT2D eigenvalue weighted by atomic mass is 16.7. The first-order chi connectivity index (χ1) is 29.5. The summed E-state index contributed by atoms with van der Waals surface area (Å²) in [5.41, 5.74) is -2.54. The Morgan fingerprint density at radius 1 is 0.581 bits per heavy atom. The Bertz CT molecular complexity index is 2330. The fourth-order valence-electron chi connectivity index (χ4n) is 9.16. The molecule has 4 aliphatic rings. The Morgan fingerprint density at radius 2 is 1.06 bits per heavy atom. The van der Waals surface area contributed by atoms with Gasteiger partial charge in [-0.2, -0.15) is 0 Å². The van der Waals surface area contributed by atoms with Gasteiger partial charge in [0.2, 0.25) is 17.9 Å². The highest BCUT2D eigenvalue weighted by Gasteiger charge is 2.49. The lowest BCUT2D eigenvalue weighted by atomic mass is 9.63. The molecular weight excluding hydrogens is 820 g/mol. The third-order valence-electron chi connectivity index (χ3n) is 12.2. The molecule has 0 radical (unpaired) electrons. The van der Waals surface area contributed by atoms with Crippen LogP contribution in [0, 0.1) is 5.92 Å². The number of aliphatic hydroxyl groups excluding tert-OH is 8. The van der Waals surface area contributed by atoms with Gasteiger partial charge in [-0.25, -0.2) is 9.59 Å². The van der Waals surface area contributed by atoms with Crippen LogP contribution in [-0.4, -0.2) is 153 Å². The minimum absolute atomic E-state index is 0.0277. The highest BCUT2D eigenvalue weighted by molar-refractivity contribution is 6.18. The molecule has 19 heteroatoms. The summed E-state index contributed by atoms with van der Waals surface area (Å²) in [6.45, 7) is -1.41. The van der Waals surface area contributed by atoms with Gasteiger partial charge in [0.1, 0.15) is 65.7 Å². The molecule has 2 fully saturated rings. The van der Waals surface area contributed by atoms with Gasteiger partial charge in [0.15, 0.2) is 0 Å². The minimum atomic E-state index is -1.93. The monoisotopic (exact) mass is 860 g/mol. The number of aromatic carboxylic acids is 2. The summed E-state index contributed by atoms with van der Waals surface area (Å²) in [7, 11) is 0. The van der Waals surface area contributed by atoms with E-state index in [2.05, 4.69) is 0 Å². The Labute approximate surface area is 349 Å². The molecule has 4 aromatic rings. The number of carboxylic acids is 2. The molecule has 62 heavy (non-hydrogen) atoms. The predicted octanol–water partition coefficient (Wildman–Crippen LogP) is -0.432. The van der Waals surface area contributed by atoms with Crippen LogP contribution in [0.3, 0.4) is 0 Å². The van der Waals surface area contributed by atoms with Crippen LogP contribution in [0.25, 0.3) is 0 Å². The van der Waals surface area contributed by atoms with Gasteiger partial charge in [0, 0.05) is 24.4 Å². The van der Waals surface area contributed by atoms with Gasteiger partial charge in [-0.15, -0.1) is 0 Å². The molecule has 8 rings (SSSR count). The van der Waals surface area contributed by atoms with E-state index in [1.807, 2.05) is 0 Å². The maximum Gasteiger partial charge on any atom is 0.335 e. The zero-order valence-electron chi connectivity index (χ0n) is 32.0. The number of ketones is 2. The molecule has 1 aliphatic heterocycles. The van der Waals surface area contributed by atoms with Crippen molar-refractivity contribution in [3.05, 3.63) is 116 Å². The van der Waals surface area contributed by atoms with Gasteiger partial charge in [-0.05, 0) is 65.1 Å². The van der Waals surface area contributed by atoms with Crippen LogP contribution >= 0.6 is 0 Å². The molecule has 12 N–H and O–H groups in total. The highest BCUT2D eigenvalue weighted by Crippen LogP contribution is 2.56. The predicted molar refractivity (Wildman–Crippen MR) is 206 cm³/mol. The van der Waals surface area contributed by atoms with Gasteiger partial charge in [-0.1, -0.05) is 24.3 Å². The first-order valence-electron chi connectivity index (χ1n) is 19.3. The topological polar surface area (TPSA) is 339 Å². The average molecular weight is 861 g/mol. The molecule has 4 unspecified atom stereocenters. The van der Waals surface area contributed by atoms with E-state index in [9.17, 15) is 80.5 Å². The molecule has 1 saturated carbocycles. The summed E-state index contributed by atoms with van der Waals surface area (Å²) in [6.07, 6.45) is -15.3. The third-order valence-corrected chi connectivity index (χ3v) is 12.2. The summed E-state index contributed by atoms with van der Waals surface area (Å²) in [6, 6.07) is 12.2. The van der Waals surface area contributed by atoms with E-state index in [-0.39, 0.29) is 51.3 Å². The van der Waals surface area contributed by atoms with E-state index >= 15 is 0 Å². The van der Waals surface area contributed by atoms with Gasteiger partial charge < -0.3 is 75.5 Å². The molecule has 12 atom stereocenters. The van der Waals surface area contributed by atoms with Crippen molar-refractivity contribution in [1.29, 1.82) is 0 Å². The van der Waals surface area contributed by atoms with E-state index in [0.29, 0.717) is 0 Å². The molecule has 1 saturated heterocycles. The molecule has 1 heterocycles. The zero-order valence-corrected chi connectivity index (χ0v) is 32.0. The number of phenols is 2. The fourth-order valence-corrected chi connectivity index (χ4v) is 9.16. The third kappa shape index (κ3) is 6.74. The van der Waals surface area contributed by atoms with E-state index in [1.165, 1.54) is 36.4 Å². The Morgan fingerprint density at radius 3 is 1.53 bits per heavy atom. The lowest BCUT2D eigenvalue weighted by molar-refractivity contribution is -0.277. The fraction of sp³-hybridized carbons (Fsp3) is 0.349. The summed E-state index contributed by atoms with van der Waals surface area (Å²) >= 11 is 0. The number of rotatable bonds is 9. The van der Waals surface area contributed by atoms with Gasteiger partial charge in [0.25, 0.3) is 0 Å². The summed E-state index contributed by atoms with van der Waals surface area (Å²) < 4.78 is 17.7. The largest absolute Gasteiger partial charge is 0.507 e. The number of fused-ring (bicyclic) bond motifs is 4. The van der Waals surface area contributed by atoms with Crippen LogP contribution in [0.15, 0.2) is 60.7 Å². The number of aromatic hydroxyl groups is 2. The van der Waals surface area contributed by atoms with Crippen molar-refractivity contribution >= 4 is 23.5 Å². The lowest BCUT2D eigenvalue weighted by Crippen LogP contribution is -2.60. The second kappa shape index (κ2) is 16.0. The zero-order chi connectivity index (χ0) is 44.6. The van der Waals surface area contributed by atoms with Crippen LogP contribution < -0.4 is 9.47 Å². The minimum Gasteiger partial charge on any atom is -0.507 e. The first kappa shape index (κ1) is 42.7. The smallest absolute Gasteiger partial charge is 0.335 e. The molecule has 0 amide bonds. The molecule has 19 nitrogen and oxygen atoms in total. The van der Waals surface area contributed by atoms with E-state index in [1.54, 1.807) is 0 Å². The van der Waals surface area contributed by atoms with Crippen molar-refractivity contribution in [2.45, 2.75) is 73.4 Å². The van der Waals surface area contributed by atoms with E-state index in [4.69, 9.17) is 14.2 Å². The van der Waals surface area contributed by atoms with E-state index in [0.717, 1.165) is 24.3 Å². The normalized spacial score (nSPS) is 30.1. The van der Waals surface area contributed by atoms with Gasteiger partial charge in [-0.3, -0.25) is 9.59 Å². The molecule has 0 spiro atoms. The van der Waals surface area contributed by atoms with Gasteiger partial charge in [0.05, 0.1) is 46.1 Å². The lowest BCUT2D eigenvalue weighted by Gasteiger charge is -2.41. The van der Waals surface area contributed by atoms with Crippen LogP contribution in [0.5, 0.6) is 23.0 Å². The number of aliphatic hydroxyl groups is 8. The maximum absolute atomic E-state index is 14.7. The SMILES string of the molecule is O=C(O)c1cc(O)c2c(c1)[C@H]([C@H]1c3cc(C(=O)O)cc(O)c3C(=O)c3c(O[C@@H]4CC(CO)[C@@H](O)C(O)[C@@H]4O)cccc31)c1cccc(O[C@@H]3OC(CO)[C@@H](O)C(O)[C@@H]3O)c1C2=O. The average Bonchev–Trinajstić information content (AvgIpc) is 3.24. The van der Waals surface area contributed by atoms with Crippen LogP contribution in [0.2, 0.25) is 0 Å². The Kier molecular flexibility index (Phi) is 11.0. The van der Waals surface area contributed by atoms with Crippen molar-refractivity contribution in [2.75, 3.05) is 13.2 Å². The number of benzene rings is 4. The van der Waals surface area contributed by atoms with Crippen molar-refractivity contribution in [2.24, 2.45) is 5.92 Å². The Hall–Kier alpha value is -6.00. The first-order valence-corrected chi connectivity index (χ1v) is 19.3. The summed E-state index contributed by atoms with van der Waals surface area (Å²) in [4.78, 5) is 54.3. The van der Waals surface area contributed by atoms with Crippen LogP contribution in [0.4, 0.5) is 0 Å². The van der Waals surface area contributed by atoms with Crippen molar-refractivity contribution in [3.8, 4) is 23.0 Å². The number of carbonyl (C=O) groups is 4. The standard InChI is InChI=1S/C43H40O19/c44-12-16-11-25(34(49)38(53)33(16)48)60-23-5-1-3-17-27(19-7-14(41(56)57)9-21(46)29(19)36(51)31(17)23)28-18-4-2-6-24(61-43-40(55)39(54)35(50)26(13-45)62-43)32(18)37(52)30-20(28)8-15(42(58)59)10-22(30)47/h1-10,16,25-28,33-35,38-40,43-50,53-55H,11-13H2,(H,56,57)(H,58,59)/t16?,25-,26?,27-,28-,33-,34-,35-,38?,39?,40+,43-/m1/s1. The molecular formula is C43H40O19. The molecule has 3 aliphatic carbocycles. The molecule has 326 valence electrons. The second-order valence-electron chi connectivity index (χ2n) is 15.7. The van der Waals surface area contributed by atoms with E-state index < -0.39 is 143 Å². The number of hydrogen-bond acceptors (Lipinski definition) is 17. The summed E-state index contributed by atoms with van der Waals surface area (Å²) in [5, 5.41) is 127. The Balaban J connectivity index is 1.38. The number of phenolic OH excluding ortho intramolecular Hbond substituents is 2. The van der Waals surface area contributed by atoms with Gasteiger partial charge >= 0.3 is 11.9 Å². The number of ether oxygens (including phenoxy) is 3. The number of carboxylic acid groups (broad SMARTS) is 2. The second-order valence-corrected chi connectivity index (χ2v) is 15.7. The molecule has 0 aromatic heterocycles. The van der Waals surface area contributed by atoms with Crippen molar-refractivity contribution in [3.63, 3.8) is 0 Å². The maximum atomic E-state index is 14.7. The number of hydrogen-bond donors (Lipinski definition) is 12. The number of carbonyl (C=O) groups excluding carboxylic acids is 2.